The van der Waals surface area contributed by atoms with Gasteiger partial charge in [-0.1, -0.05) is 29.3 Å². The summed E-state index contributed by atoms with van der Waals surface area (Å²) < 4.78 is 27.7. The molecule has 5 aliphatic carbocycles. The van der Waals surface area contributed by atoms with Crippen molar-refractivity contribution < 1.29 is 8.42 Å². The normalized spacial score (nSPS) is 47.0. The zero-order valence-electron chi connectivity index (χ0n) is 12.6. The highest BCUT2D eigenvalue weighted by Gasteiger charge is 2.83. The summed E-state index contributed by atoms with van der Waals surface area (Å²) in [6.07, 6.45) is 3.82. The lowest BCUT2D eigenvalue weighted by Crippen LogP contribution is -2.34. The van der Waals surface area contributed by atoms with Gasteiger partial charge in [0.2, 0.25) is 10.0 Å². The number of nitrogens with zero attached hydrogens (tertiary/aromatic N) is 1. The van der Waals surface area contributed by atoms with Gasteiger partial charge in [0.15, 0.2) is 0 Å². The van der Waals surface area contributed by atoms with E-state index in [1.165, 1.54) is 12.0 Å². The van der Waals surface area contributed by atoms with Gasteiger partial charge in [-0.2, -0.15) is 4.31 Å². The Morgan fingerprint density at radius 2 is 2.00 bits per heavy atom. The van der Waals surface area contributed by atoms with Crippen LogP contribution in [0.3, 0.4) is 0 Å². The summed E-state index contributed by atoms with van der Waals surface area (Å²) in [5.41, 5.74) is 2.80. The molecule has 5 fully saturated rings. The smallest absolute Gasteiger partial charge is 0.207 e. The van der Waals surface area contributed by atoms with Crippen molar-refractivity contribution in [1.82, 2.24) is 4.31 Å². The van der Waals surface area contributed by atoms with Crippen LogP contribution in [-0.4, -0.2) is 25.8 Å². The van der Waals surface area contributed by atoms with Gasteiger partial charge in [-0.25, -0.2) is 8.42 Å². The number of hydrogen-bond acceptors (Lipinski definition) is 2. The molecular weight excluding hydrogens is 294 g/mol. The molecule has 6 atom stereocenters. The highest BCUT2D eigenvalue weighted by molar-refractivity contribution is 7.89. The van der Waals surface area contributed by atoms with Crippen molar-refractivity contribution in [1.29, 1.82) is 0 Å². The van der Waals surface area contributed by atoms with Gasteiger partial charge >= 0.3 is 0 Å². The Bertz CT molecular complexity index is 840. The third kappa shape index (κ3) is 1.10. The third-order valence-electron chi connectivity index (χ3n) is 7.36. The number of rotatable bonds is 2. The standard InChI is InChI=1S/C18H19NO2S/c1-10-2-4-12(5-3-10)22(20,21)19-8-11-6-13-15-7-14-16(13)17(14)18(11,15)9-19/h2-6,13-17H,7-9H2,1H3/t13-,14+,15-,16-,17+,18+/m0/s1. The summed E-state index contributed by atoms with van der Waals surface area (Å²) >= 11 is 0. The van der Waals surface area contributed by atoms with Gasteiger partial charge in [-0.15, -0.1) is 0 Å². The fourth-order valence-electron chi connectivity index (χ4n) is 6.63. The molecule has 1 saturated heterocycles. The number of aryl methyl sites for hydroxylation is 1. The Morgan fingerprint density at radius 3 is 2.68 bits per heavy atom. The van der Waals surface area contributed by atoms with Crippen molar-refractivity contribution in [3.63, 3.8) is 0 Å². The summed E-state index contributed by atoms with van der Waals surface area (Å²) in [4.78, 5) is 0.448. The maximum Gasteiger partial charge on any atom is 0.243 e. The van der Waals surface area contributed by atoms with Gasteiger partial charge < -0.3 is 0 Å². The quantitative estimate of drug-likeness (QED) is 0.787. The number of sulfonamides is 1. The molecule has 6 aliphatic rings. The van der Waals surface area contributed by atoms with Crippen LogP contribution < -0.4 is 0 Å². The molecule has 0 radical (unpaired) electrons. The maximum atomic E-state index is 13.0. The zero-order valence-corrected chi connectivity index (χ0v) is 13.4. The van der Waals surface area contributed by atoms with Crippen LogP contribution in [0, 0.1) is 41.9 Å². The molecule has 0 aromatic heterocycles. The molecule has 1 aliphatic heterocycles. The van der Waals surface area contributed by atoms with E-state index in [1.807, 2.05) is 19.1 Å². The van der Waals surface area contributed by atoms with E-state index in [4.69, 9.17) is 0 Å². The minimum atomic E-state index is -3.34. The molecule has 6 bridgehead atoms. The Hall–Kier alpha value is -1.13. The first-order valence-corrected chi connectivity index (χ1v) is 9.75. The van der Waals surface area contributed by atoms with Crippen molar-refractivity contribution in [2.75, 3.05) is 13.1 Å². The minimum Gasteiger partial charge on any atom is -0.207 e. The van der Waals surface area contributed by atoms with Crippen molar-refractivity contribution in [2.45, 2.75) is 18.2 Å². The molecule has 0 unspecified atom stereocenters. The van der Waals surface area contributed by atoms with Gasteiger partial charge in [0.05, 0.1) is 4.90 Å². The lowest BCUT2D eigenvalue weighted by Gasteiger charge is -2.27. The Morgan fingerprint density at radius 1 is 1.23 bits per heavy atom. The first-order valence-electron chi connectivity index (χ1n) is 8.31. The van der Waals surface area contributed by atoms with Crippen LogP contribution in [0.25, 0.3) is 0 Å². The van der Waals surface area contributed by atoms with E-state index in [2.05, 4.69) is 6.08 Å². The summed E-state index contributed by atoms with van der Waals surface area (Å²) in [6.45, 7) is 3.37. The second-order valence-electron chi connectivity index (χ2n) is 8.00. The van der Waals surface area contributed by atoms with Gasteiger partial charge in [0.25, 0.3) is 0 Å². The van der Waals surface area contributed by atoms with Gasteiger partial charge in [0.1, 0.15) is 0 Å². The van der Waals surface area contributed by atoms with Crippen molar-refractivity contribution in [2.24, 2.45) is 35.0 Å². The second-order valence-corrected chi connectivity index (χ2v) is 9.94. The summed E-state index contributed by atoms with van der Waals surface area (Å²) in [5, 5.41) is 0. The molecule has 1 aromatic rings. The molecule has 0 amide bonds. The van der Waals surface area contributed by atoms with Gasteiger partial charge in [0, 0.05) is 18.5 Å². The van der Waals surface area contributed by atoms with E-state index in [9.17, 15) is 8.42 Å². The van der Waals surface area contributed by atoms with Crippen molar-refractivity contribution in [3.8, 4) is 0 Å². The van der Waals surface area contributed by atoms with Crippen LogP contribution >= 0.6 is 0 Å². The number of hydrogen-bond donors (Lipinski definition) is 0. The lowest BCUT2D eigenvalue weighted by molar-refractivity contribution is 0.267. The largest absolute Gasteiger partial charge is 0.243 e. The monoisotopic (exact) mass is 313 g/mol. The molecule has 114 valence electrons. The van der Waals surface area contributed by atoms with Crippen molar-refractivity contribution >= 4 is 10.0 Å². The van der Waals surface area contributed by atoms with E-state index < -0.39 is 10.0 Å². The first-order chi connectivity index (χ1) is 10.5. The molecule has 1 aromatic carbocycles. The molecular formula is C18H19NO2S. The molecule has 3 nitrogen and oxygen atoms in total. The Balaban J connectivity index is 1.40. The molecule has 4 heteroatoms. The van der Waals surface area contributed by atoms with E-state index in [1.54, 1.807) is 16.4 Å². The lowest BCUT2D eigenvalue weighted by atomic mass is 9.78. The van der Waals surface area contributed by atoms with E-state index in [0.717, 1.165) is 41.7 Å². The van der Waals surface area contributed by atoms with Gasteiger partial charge in [-0.3, -0.25) is 0 Å². The average Bonchev–Trinajstić information content (AvgIpc) is 2.87. The second kappa shape index (κ2) is 3.36. The average molecular weight is 313 g/mol. The minimum absolute atomic E-state index is 0.248. The maximum absolute atomic E-state index is 13.0. The summed E-state index contributed by atoms with van der Waals surface area (Å²) in [7, 11) is -3.34. The fourth-order valence-corrected chi connectivity index (χ4v) is 8.10. The summed E-state index contributed by atoms with van der Waals surface area (Å²) in [5.74, 6) is 4.22. The molecule has 4 saturated carbocycles. The fraction of sp³-hybridized carbons (Fsp3) is 0.556. The highest BCUT2D eigenvalue weighted by Crippen LogP contribution is 2.86. The Labute approximate surface area is 131 Å². The van der Waals surface area contributed by atoms with Crippen LogP contribution in [0.1, 0.15) is 12.0 Å². The molecule has 1 heterocycles. The van der Waals surface area contributed by atoms with Crippen LogP contribution in [0.5, 0.6) is 0 Å². The van der Waals surface area contributed by atoms with Crippen molar-refractivity contribution in [3.05, 3.63) is 41.5 Å². The summed E-state index contributed by atoms with van der Waals surface area (Å²) in [6, 6.07) is 7.28. The van der Waals surface area contributed by atoms with Crippen LogP contribution in [0.15, 0.2) is 40.8 Å². The van der Waals surface area contributed by atoms with E-state index >= 15 is 0 Å². The molecule has 7 rings (SSSR count). The van der Waals surface area contributed by atoms with Crippen LogP contribution in [0.4, 0.5) is 0 Å². The predicted molar refractivity (Wildman–Crippen MR) is 82.5 cm³/mol. The van der Waals surface area contributed by atoms with Crippen LogP contribution in [-0.2, 0) is 10.0 Å². The zero-order chi connectivity index (χ0) is 14.9. The van der Waals surface area contributed by atoms with Crippen LogP contribution in [0.2, 0.25) is 0 Å². The molecule has 0 N–H and O–H groups in total. The third-order valence-corrected chi connectivity index (χ3v) is 9.16. The Kier molecular flexibility index (Phi) is 1.88. The number of allylic oxidation sites excluding steroid dienone is 1. The SMILES string of the molecule is Cc1ccc(S(=O)(=O)N2CC3=C[C@@H]4[C@H]5[C@H]6C[C@@H]4[C@]3(C2)[C@H]65)cc1. The first kappa shape index (κ1) is 12.3. The topological polar surface area (TPSA) is 37.4 Å². The highest BCUT2D eigenvalue weighted by atomic mass is 32.2. The van der Waals surface area contributed by atoms with E-state index in [0.29, 0.717) is 11.4 Å². The van der Waals surface area contributed by atoms with Gasteiger partial charge in [-0.05, 0) is 55.1 Å². The predicted octanol–water partition coefficient (Wildman–Crippen LogP) is 2.44. The van der Waals surface area contributed by atoms with E-state index in [-0.39, 0.29) is 5.41 Å². The molecule has 22 heavy (non-hydrogen) atoms. The molecule has 1 spiro atoms. The number of benzene rings is 1.